The molecule has 8 nitrogen and oxygen atoms in total. The monoisotopic (exact) mass is 230 g/mol. The summed E-state index contributed by atoms with van der Waals surface area (Å²) in [5.74, 6) is 0. The molecule has 0 aliphatic carbocycles. The Balaban J connectivity index is -0.000000000952. The molecule has 0 bridgehead atoms. The molecule has 0 saturated carbocycles. The Morgan fingerprint density at radius 2 is 0.800 bits per heavy atom. The smallest absolute Gasteiger partial charge is 0.324 e. The molecule has 0 saturated heterocycles. The molecule has 10 heavy (non-hydrogen) atoms. The molecule has 0 aromatic carbocycles. The van der Waals surface area contributed by atoms with Crippen molar-refractivity contribution in [1.82, 2.24) is 0 Å². The SMILES string of the molecule is O.O.O.O.O.O.O=PO.[Ni]. The van der Waals surface area contributed by atoms with E-state index in [2.05, 4.69) is 0 Å². The second kappa shape index (κ2) is 373. The topological polar surface area (TPSA) is 226 Å². The molecule has 0 unspecified atom stereocenters. The van der Waals surface area contributed by atoms with Crippen LogP contribution in [0.3, 0.4) is 0 Å². The quantitative estimate of drug-likeness (QED) is 0.319. The Hall–Kier alpha value is 0.314. The van der Waals surface area contributed by atoms with E-state index in [9.17, 15) is 0 Å². The van der Waals surface area contributed by atoms with Crippen LogP contribution in [-0.4, -0.2) is 37.8 Å². The zero-order valence-electron chi connectivity index (χ0n) is 4.62. The van der Waals surface area contributed by atoms with Gasteiger partial charge in [0.1, 0.15) is 0 Å². The summed E-state index contributed by atoms with van der Waals surface area (Å²) in [6.45, 7) is 0. The zero-order chi connectivity index (χ0) is 2.71. The van der Waals surface area contributed by atoms with Crippen molar-refractivity contribution in [3.63, 3.8) is 0 Å². The van der Waals surface area contributed by atoms with Crippen LogP contribution in [0, 0.1) is 0 Å². The molecular weight excluding hydrogens is 218 g/mol. The van der Waals surface area contributed by atoms with Gasteiger partial charge in [-0.05, 0) is 0 Å². The van der Waals surface area contributed by atoms with E-state index in [0.717, 1.165) is 0 Å². The molecule has 0 radical (unpaired) electrons. The maximum atomic E-state index is 8.46. The average molecular weight is 231 g/mol. The van der Waals surface area contributed by atoms with Crippen molar-refractivity contribution in [3.8, 4) is 0 Å². The first-order valence-electron chi connectivity index (χ1n) is 0.383. The minimum absolute atomic E-state index is 0. The van der Waals surface area contributed by atoms with Crippen molar-refractivity contribution in [3.05, 3.63) is 0 Å². The van der Waals surface area contributed by atoms with Crippen molar-refractivity contribution in [2.24, 2.45) is 0 Å². The molecule has 0 aromatic heterocycles. The minimum Gasteiger partial charge on any atom is -0.412 e. The molecule has 76 valence electrons. The second-order valence-corrected chi connectivity index (χ2v) is 0.245. The molecule has 0 heterocycles. The first-order chi connectivity index (χ1) is 1.41. The second-order valence-electron chi connectivity index (χ2n) is 0.0816. The fraction of sp³-hybridized carbons (Fsp3) is 0. The van der Waals surface area contributed by atoms with Gasteiger partial charge in [0.2, 0.25) is 0 Å². The van der Waals surface area contributed by atoms with Gasteiger partial charge < -0.3 is 37.8 Å². The largest absolute Gasteiger partial charge is 0.412 e. The first kappa shape index (κ1) is 167. The molecule has 0 atom stereocenters. The molecule has 0 aromatic rings. The number of rotatable bonds is 0. The summed E-state index contributed by atoms with van der Waals surface area (Å²) >= 11 is 0. The Morgan fingerprint density at radius 1 is 0.800 bits per heavy atom. The molecule has 0 rings (SSSR count). The first-order valence-corrected chi connectivity index (χ1v) is 1.15. The van der Waals surface area contributed by atoms with E-state index in [1.807, 2.05) is 0 Å². The average Bonchev–Trinajstić information content (AvgIpc) is 0.918. The van der Waals surface area contributed by atoms with Crippen LogP contribution in [-0.2, 0) is 21.1 Å². The van der Waals surface area contributed by atoms with Crippen molar-refractivity contribution >= 4 is 8.69 Å². The Kier molecular flexibility index (Phi) is 6240. The third-order valence-electron chi connectivity index (χ3n) is 0. The van der Waals surface area contributed by atoms with Gasteiger partial charge in [-0.15, -0.1) is 0 Å². The molecule has 0 fully saturated rings. The Bertz CT molecular complexity index is 16.7. The molecule has 0 aliphatic heterocycles. The summed E-state index contributed by atoms with van der Waals surface area (Å²) in [7, 11) is -0.833. The van der Waals surface area contributed by atoms with Gasteiger partial charge in [0.25, 0.3) is 0 Å². The maximum absolute atomic E-state index is 8.46. The van der Waals surface area contributed by atoms with Gasteiger partial charge in [-0.25, -0.2) is 4.57 Å². The van der Waals surface area contributed by atoms with Crippen molar-refractivity contribution < 1.29 is 58.8 Å². The van der Waals surface area contributed by atoms with Crippen LogP contribution >= 0.6 is 8.69 Å². The predicted molar refractivity (Wildman–Crippen MR) is 31.5 cm³/mol. The van der Waals surface area contributed by atoms with Crippen LogP contribution in [0.5, 0.6) is 0 Å². The van der Waals surface area contributed by atoms with Gasteiger partial charge in [-0.1, -0.05) is 0 Å². The normalized spacial score (nSPS) is 2.10. The fourth-order valence-electron chi connectivity index (χ4n) is 0. The Labute approximate surface area is 68.3 Å². The predicted octanol–water partition coefficient (Wildman–Crippen LogP) is -4.77. The number of hydrogen-bond donors (Lipinski definition) is 1. The summed E-state index contributed by atoms with van der Waals surface area (Å²) in [6.07, 6.45) is 0. The van der Waals surface area contributed by atoms with E-state index in [4.69, 9.17) is 9.46 Å². The van der Waals surface area contributed by atoms with E-state index in [1.54, 1.807) is 0 Å². The van der Waals surface area contributed by atoms with Crippen molar-refractivity contribution in [1.29, 1.82) is 0 Å². The van der Waals surface area contributed by atoms with E-state index < -0.39 is 8.69 Å². The van der Waals surface area contributed by atoms with Crippen LogP contribution in [0.15, 0.2) is 0 Å². The summed E-state index contributed by atoms with van der Waals surface area (Å²) < 4.78 is 8.46. The molecule has 0 aliphatic rings. The van der Waals surface area contributed by atoms with Crippen LogP contribution in [0.2, 0.25) is 0 Å². The summed E-state index contributed by atoms with van der Waals surface area (Å²) in [4.78, 5) is 6.99. The Morgan fingerprint density at radius 3 is 0.800 bits per heavy atom. The third-order valence-corrected chi connectivity index (χ3v) is 0. The van der Waals surface area contributed by atoms with Crippen LogP contribution in [0.1, 0.15) is 0 Å². The molecule has 10 heteroatoms. The molecule has 0 amide bonds. The summed E-state index contributed by atoms with van der Waals surface area (Å²) in [6, 6.07) is 0. The third kappa shape index (κ3) is 4520. The minimum atomic E-state index is -0.833. The van der Waals surface area contributed by atoms with Gasteiger partial charge in [0.15, 0.2) is 0 Å². The van der Waals surface area contributed by atoms with E-state index >= 15 is 0 Å². The van der Waals surface area contributed by atoms with Gasteiger partial charge in [0, 0.05) is 16.5 Å². The molecule has 13 N–H and O–H groups in total. The van der Waals surface area contributed by atoms with Crippen LogP contribution < -0.4 is 0 Å². The molecule has 0 spiro atoms. The summed E-state index contributed by atoms with van der Waals surface area (Å²) in [5, 5.41) is 0. The van der Waals surface area contributed by atoms with Crippen molar-refractivity contribution in [2.75, 3.05) is 0 Å². The molecular formula is H13NiO8P. The van der Waals surface area contributed by atoms with E-state index in [0.29, 0.717) is 0 Å². The van der Waals surface area contributed by atoms with Gasteiger partial charge in [-0.3, -0.25) is 0 Å². The van der Waals surface area contributed by atoms with Crippen LogP contribution in [0.25, 0.3) is 0 Å². The van der Waals surface area contributed by atoms with Crippen molar-refractivity contribution in [2.45, 2.75) is 0 Å². The maximum Gasteiger partial charge on any atom is 0.324 e. The van der Waals surface area contributed by atoms with Gasteiger partial charge in [0.05, 0.1) is 0 Å². The zero-order valence-corrected chi connectivity index (χ0v) is 6.50. The van der Waals surface area contributed by atoms with Gasteiger partial charge in [-0.2, -0.15) is 0 Å². The van der Waals surface area contributed by atoms with E-state index in [1.165, 1.54) is 0 Å². The van der Waals surface area contributed by atoms with E-state index in [-0.39, 0.29) is 49.3 Å². The van der Waals surface area contributed by atoms with Crippen LogP contribution in [0.4, 0.5) is 0 Å². The van der Waals surface area contributed by atoms with Gasteiger partial charge >= 0.3 is 8.69 Å². The standard InChI is InChI=1S/Ni.HO2P.6H2O/c;1-3-2;;;;;;/h;(H,1,2);6*1H2. The fourth-order valence-corrected chi connectivity index (χ4v) is 0. The number of hydrogen-bond acceptors (Lipinski definition) is 1. The summed E-state index contributed by atoms with van der Waals surface area (Å²) in [5.41, 5.74) is 0.